The Bertz CT molecular complexity index is 587. The molecule has 0 atom stereocenters. The van der Waals surface area contributed by atoms with Gasteiger partial charge in [-0.3, -0.25) is 4.79 Å². The number of benzene rings is 1. The van der Waals surface area contributed by atoms with Gasteiger partial charge < -0.3 is 15.6 Å². The molecular formula is C15H19N3O. The highest BCUT2D eigenvalue weighted by atomic mass is 16.1. The largest absolute Gasteiger partial charge is 0.379 e. The van der Waals surface area contributed by atoms with Gasteiger partial charge in [-0.2, -0.15) is 0 Å². The third-order valence-corrected chi connectivity index (χ3v) is 3.24. The molecule has 0 aliphatic heterocycles. The molecule has 4 heteroatoms. The lowest BCUT2D eigenvalue weighted by Crippen LogP contribution is -2.12. The molecule has 1 amide bonds. The van der Waals surface area contributed by atoms with Gasteiger partial charge in [-0.25, -0.2) is 0 Å². The lowest BCUT2D eigenvalue weighted by molar-refractivity contribution is 0.1000. The van der Waals surface area contributed by atoms with Crippen LogP contribution in [-0.4, -0.2) is 10.5 Å². The van der Waals surface area contributed by atoms with Gasteiger partial charge in [-0.15, -0.1) is 0 Å². The first-order chi connectivity index (χ1) is 9.11. The molecular weight excluding hydrogens is 238 g/mol. The fourth-order valence-corrected chi connectivity index (χ4v) is 2.12. The van der Waals surface area contributed by atoms with Crippen LogP contribution in [-0.2, 0) is 13.1 Å². The Morgan fingerprint density at radius 2 is 2.16 bits per heavy atom. The molecule has 19 heavy (non-hydrogen) atoms. The molecule has 0 saturated heterocycles. The van der Waals surface area contributed by atoms with Crippen molar-refractivity contribution in [3.63, 3.8) is 0 Å². The number of primary amides is 1. The number of anilines is 1. The van der Waals surface area contributed by atoms with E-state index in [4.69, 9.17) is 5.73 Å². The first kappa shape index (κ1) is 13.2. The minimum atomic E-state index is -0.394. The lowest BCUT2D eigenvalue weighted by atomic mass is 10.1. The predicted octanol–water partition coefficient (Wildman–Crippen LogP) is 2.53. The second-order valence-corrected chi connectivity index (χ2v) is 4.53. The van der Waals surface area contributed by atoms with Crippen molar-refractivity contribution in [3.8, 4) is 0 Å². The number of nitrogens with two attached hydrogens (primary N) is 1. The third-order valence-electron chi connectivity index (χ3n) is 3.24. The average Bonchev–Trinajstić information content (AvgIpc) is 2.84. The molecule has 0 bridgehead atoms. The summed E-state index contributed by atoms with van der Waals surface area (Å²) >= 11 is 0. The molecule has 2 rings (SSSR count). The van der Waals surface area contributed by atoms with Gasteiger partial charge in [-0.05, 0) is 49.7 Å². The number of aryl methyl sites for hydroxylation is 2. The molecule has 100 valence electrons. The summed E-state index contributed by atoms with van der Waals surface area (Å²) in [5.74, 6) is -0.394. The fourth-order valence-electron chi connectivity index (χ4n) is 2.12. The zero-order valence-electron chi connectivity index (χ0n) is 11.3. The SMILES string of the molecule is CCn1cccc1CNc1ccc(C(N)=O)cc1C. The van der Waals surface area contributed by atoms with Crippen molar-refractivity contribution in [2.75, 3.05) is 5.32 Å². The van der Waals surface area contributed by atoms with E-state index in [1.165, 1.54) is 5.69 Å². The van der Waals surface area contributed by atoms with Crippen molar-refractivity contribution in [2.45, 2.75) is 26.9 Å². The maximum Gasteiger partial charge on any atom is 0.248 e. The van der Waals surface area contributed by atoms with Crippen molar-refractivity contribution in [3.05, 3.63) is 53.3 Å². The Morgan fingerprint density at radius 1 is 1.37 bits per heavy atom. The second-order valence-electron chi connectivity index (χ2n) is 4.53. The summed E-state index contributed by atoms with van der Waals surface area (Å²) < 4.78 is 2.19. The van der Waals surface area contributed by atoms with Gasteiger partial charge in [0.15, 0.2) is 0 Å². The number of amides is 1. The van der Waals surface area contributed by atoms with Crippen LogP contribution in [0.4, 0.5) is 5.69 Å². The monoisotopic (exact) mass is 257 g/mol. The lowest BCUT2D eigenvalue weighted by Gasteiger charge is -2.12. The number of hydrogen-bond acceptors (Lipinski definition) is 2. The van der Waals surface area contributed by atoms with Gasteiger partial charge in [0.1, 0.15) is 0 Å². The number of rotatable bonds is 5. The Balaban J connectivity index is 2.10. The minimum Gasteiger partial charge on any atom is -0.379 e. The number of nitrogens with one attached hydrogen (secondary N) is 1. The number of nitrogens with zero attached hydrogens (tertiary/aromatic N) is 1. The molecule has 0 aliphatic carbocycles. The molecule has 3 N–H and O–H groups in total. The maximum absolute atomic E-state index is 11.1. The number of hydrogen-bond donors (Lipinski definition) is 2. The maximum atomic E-state index is 11.1. The van der Waals surface area contributed by atoms with Gasteiger partial charge in [0.25, 0.3) is 0 Å². The van der Waals surface area contributed by atoms with E-state index in [0.29, 0.717) is 5.56 Å². The van der Waals surface area contributed by atoms with Crippen LogP contribution < -0.4 is 11.1 Å². The highest BCUT2D eigenvalue weighted by Gasteiger charge is 2.05. The van der Waals surface area contributed by atoms with E-state index in [0.717, 1.165) is 24.3 Å². The fraction of sp³-hybridized carbons (Fsp3) is 0.267. The quantitative estimate of drug-likeness (QED) is 0.864. The molecule has 0 aliphatic rings. The van der Waals surface area contributed by atoms with Gasteiger partial charge in [0, 0.05) is 29.7 Å². The number of aromatic nitrogens is 1. The van der Waals surface area contributed by atoms with Gasteiger partial charge in [0.2, 0.25) is 5.91 Å². The van der Waals surface area contributed by atoms with E-state index in [1.807, 2.05) is 25.1 Å². The van der Waals surface area contributed by atoms with E-state index < -0.39 is 5.91 Å². The zero-order chi connectivity index (χ0) is 13.8. The minimum absolute atomic E-state index is 0.394. The van der Waals surface area contributed by atoms with Crippen LogP contribution >= 0.6 is 0 Å². The number of carbonyl (C=O) groups excluding carboxylic acids is 1. The summed E-state index contributed by atoms with van der Waals surface area (Å²) in [5.41, 5.74) is 9.08. The molecule has 1 aromatic carbocycles. The Kier molecular flexibility index (Phi) is 3.90. The highest BCUT2D eigenvalue weighted by molar-refractivity contribution is 5.93. The average molecular weight is 257 g/mol. The van der Waals surface area contributed by atoms with Gasteiger partial charge >= 0.3 is 0 Å². The third kappa shape index (κ3) is 2.96. The van der Waals surface area contributed by atoms with Crippen LogP contribution in [0.5, 0.6) is 0 Å². The van der Waals surface area contributed by atoms with Crippen LogP contribution in [0.15, 0.2) is 36.5 Å². The predicted molar refractivity (Wildman–Crippen MR) is 77.1 cm³/mol. The van der Waals surface area contributed by atoms with E-state index in [9.17, 15) is 4.79 Å². The molecule has 2 aromatic rings. The second kappa shape index (κ2) is 5.61. The Hall–Kier alpha value is -2.23. The van der Waals surface area contributed by atoms with Crippen molar-refractivity contribution in [2.24, 2.45) is 5.73 Å². The molecule has 0 saturated carbocycles. The van der Waals surface area contributed by atoms with Gasteiger partial charge in [-0.1, -0.05) is 0 Å². The summed E-state index contributed by atoms with van der Waals surface area (Å²) in [6.45, 7) is 5.81. The van der Waals surface area contributed by atoms with Crippen molar-refractivity contribution >= 4 is 11.6 Å². The summed E-state index contributed by atoms with van der Waals surface area (Å²) in [5, 5.41) is 3.38. The molecule has 0 fully saturated rings. The molecule has 0 unspecified atom stereocenters. The first-order valence-corrected chi connectivity index (χ1v) is 6.40. The zero-order valence-corrected chi connectivity index (χ0v) is 11.3. The van der Waals surface area contributed by atoms with E-state index in [2.05, 4.69) is 29.1 Å². The van der Waals surface area contributed by atoms with E-state index >= 15 is 0 Å². The summed E-state index contributed by atoms with van der Waals surface area (Å²) in [7, 11) is 0. The van der Waals surface area contributed by atoms with Crippen molar-refractivity contribution < 1.29 is 4.79 Å². The summed E-state index contributed by atoms with van der Waals surface area (Å²) in [4.78, 5) is 11.1. The molecule has 4 nitrogen and oxygen atoms in total. The van der Waals surface area contributed by atoms with E-state index in [-0.39, 0.29) is 0 Å². The highest BCUT2D eigenvalue weighted by Crippen LogP contribution is 2.17. The molecule has 1 aromatic heterocycles. The standard InChI is InChI=1S/C15H19N3O/c1-3-18-8-4-5-13(18)10-17-14-7-6-12(15(16)19)9-11(14)2/h4-9,17H,3,10H2,1-2H3,(H2,16,19). The first-order valence-electron chi connectivity index (χ1n) is 6.40. The van der Waals surface area contributed by atoms with Gasteiger partial charge in [0.05, 0.1) is 6.54 Å². The Morgan fingerprint density at radius 3 is 2.79 bits per heavy atom. The van der Waals surface area contributed by atoms with Crippen molar-refractivity contribution in [1.82, 2.24) is 4.57 Å². The summed E-state index contributed by atoms with van der Waals surface area (Å²) in [6.07, 6.45) is 2.07. The molecule has 0 radical (unpaired) electrons. The Labute approximate surface area is 113 Å². The van der Waals surface area contributed by atoms with Crippen LogP contribution in [0.2, 0.25) is 0 Å². The summed E-state index contributed by atoms with van der Waals surface area (Å²) in [6, 6.07) is 9.60. The molecule has 1 heterocycles. The van der Waals surface area contributed by atoms with Crippen molar-refractivity contribution in [1.29, 1.82) is 0 Å². The van der Waals surface area contributed by atoms with Crippen LogP contribution in [0.25, 0.3) is 0 Å². The number of carbonyl (C=O) groups is 1. The smallest absolute Gasteiger partial charge is 0.248 e. The topological polar surface area (TPSA) is 60.1 Å². The van der Waals surface area contributed by atoms with E-state index in [1.54, 1.807) is 6.07 Å². The normalized spacial score (nSPS) is 10.4. The van der Waals surface area contributed by atoms with Crippen LogP contribution in [0.3, 0.4) is 0 Å². The van der Waals surface area contributed by atoms with Crippen LogP contribution in [0, 0.1) is 6.92 Å². The van der Waals surface area contributed by atoms with Crippen LogP contribution in [0.1, 0.15) is 28.5 Å². The molecule has 0 spiro atoms.